The van der Waals surface area contributed by atoms with E-state index in [2.05, 4.69) is 17.1 Å². The van der Waals surface area contributed by atoms with E-state index >= 15 is 0 Å². The van der Waals surface area contributed by atoms with E-state index in [1.165, 1.54) is 32.1 Å². The summed E-state index contributed by atoms with van der Waals surface area (Å²) in [4.78, 5) is 37.7. The van der Waals surface area contributed by atoms with Gasteiger partial charge in [-0.2, -0.15) is 0 Å². The second-order valence-electron chi connectivity index (χ2n) is 8.46. The summed E-state index contributed by atoms with van der Waals surface area (Å²) in [6, 6.07) is 9.99. The van der Waals surface area contributed by atoms with Crippen molar-refractivity contribution in [2.75, 3.05) is 37.6 Å². The fourth-order valence-electron chi connectivity index (χ4n) is 4.43. The maximum atomic E-state index is 12.8. The van der Waals surface area contributed by atoms with Crippen LogP contribution in [0.4, 0.5) is 10.5 Å². The molecule has 0 aromatic heterocycles. The Labute approximate surface area is 198 Å². The van der Waals surface area contributed by atoms with E-state index in [4.69, 9.17) is 15.6 Å². The van der Waals surface area contributed by atoms with Crippen LogP contribution in [0.3, 0.4) is 0 Å². The van der Waals surface area contributed by atoms with Gasteiger partial charge in [0.05, 0.1) is 0 Å². The summed E-state index contributed by atoms with van der Waals surface area (Å²) < 4.78 is 0. The zero-order valence-corrected chi connectivity index (χ0v) is 20.3. The molecule has 1 aliphatic heterocycles. The number of hydrogen-bond donors (Lipinski definition) is 3. The van der Waals surface area contributed by atoms with Crippen LogP contribution < -0.4 is 16.0 Å². The molecule has 2 amide bonds. The van der Waals surface area contributed by atoms with Crippen LogP contribution in [0, 0.1) is 0 Å². The minimum absolute atomic E-state index is 0.00852. The van der Waals surface area contributed by atoms with Gasteiger partial charge in [-0.3, -0.25) is 9.59 Å². The first kappa shape index (κ1) is 28.4. The lowest BCUT2D eigenvalue weighted by molar-refractivity contribution is -0.124. The molecule has 1 heterocycles. The number of carbonyl (C=O) groups excluding carboxylic acids is 2. The Balaban J connectivity index is 0.00000172. The number of Topliss-reactive ketones (excluding diaryl/α,β-unsaturated/α-hetero) is 1. The summed E-state index contributed by atoms with van der Waals surface area (Å²) in [7, 11) is 0. The van der Waals surface area contributed by atoms with E-state index in [1.807, 2.05) is 35.2 Å². The number of para-hydroxylation sites is 1. The van der Waals surface area contributed by atoms with Gasteiger partial charge in [0.2, 0.25) is 0 Å². The summed E-state index contributed by atoms with van der Waals surface area (Å²) in [6.07, 6.45) is 8.51. The van der Waals surface area contributed by atoms with E-state index in [0.717, 1.165) is 18.7 Å². The van der Waals surface area contributed by atoms with Crippen molar-refractivity contribution >= 4 is 24.0 Å². The molecule has 1 aromatic rings. The van der Waals surface area contributed by atoms with Gasteiger partial charge in [-0.1, -0.05) is 57.2 Å². The van der Waals surface area contributed by atoms with Crippen LogP contribution >= 0.6 is 0 Å². The minimum Gasteiger partial charge on any atom is -0.483 e. The molecule has 1 fully saturated rings. The van der Waals surface area contributed by atoms with Gasteiger partial charge in [0.25, 0.3) is 6.47 Å². The van der Waals surface area contributed by atoms with E-state index < -0.39 is 5.54 Å². The second kappa shape index (κ2) is 16.1. The number of carbonyl (C=O) groups is 3. The number of anilines is 1. The van der Waals surface area contributed by atoms with Gasteiger partial charge in [-0.25, -0.2) is 4.79 Å². The van der Waals surface area contributed by atoms with Gasteiger partial charge < -0.3 is 26.0 Å². The van der Waals surface area contributed by atoms with E-state index in [-0.39, 0.29) is 18.3 Å². The van der Waals surface area contributed by atoms with Crippen LogP contribution in [0.2, 0.25) is 0 Å². The van der Waals surface area contributed by atoms with E-state index in [1.54, 1.807) is 6.92 Å². The monoisotopic (exact) mass is 462 g/mol. The molecule has 0 bridgehead atoms. The average molecular weight is 463 g/mol. The lowest BCUT2D eigenvalue weighted by Gasteiger charge is -2.48. The quantitative estimate of drug-likeness (QED) is 0.323. The predicted molar refractivity (Wildman–Crippen MR) is 133 cm³/mol. The number of nitrogens with one attached hydrogen (secondary N) is 1. The Morgan fingerprint density at radius 3 is 2.24 bits per heavy atom. The van der Waals surface area contributed by atoms with Crippen molar-refractivity contribution < 1.29 is 19.5 Å². The van der Waals surface area contributed by atoms with Crippen molar-refractivity contribution in [3.8, 4) is 0 Å². The molecule has 8 nitrogen and oxygen atoms in total. The highest BCUT2D eigenvalue weighted by molar-refractivity contribution is 5.90. The number of carboxylic acid groups (broad SMARTS) is 1. The van der Waals surface area contributed by atoms with Crippen molar-refractivity contribution in [1.82, 2.24) is 10.2 Å². The average Bonchev–Trinajstić information content (AvgIpc) is 2.83. The highest BCUT2D eigenvalue weighted by atomic mass is 16.3. The summed E-state index contributed by atoms with van der Waals surface area (Å²) in [6.45, 7) is 6.62. The molecule has 0 atom stereocenters. The number of benzene rings is 1. The van der Waals surface area contributed by atoms with Gasteiger partial charge in [-0.05, 0) is 38.3 Å². The third-order valence-electron chi connectivity index (χ3n) is 6.28. The summed E-state index contributed by atoms with van der Waals surface area (Å²) >= 11 is 0. The number of rotatable bonds is 12. The first-order valence-electron chi connectivity index (χ1n) is 12.1. The minimum atomic E-state index is -0.600. The first-order chi connectivity index (χ1) is 16.0. The number of hydrogen-bond acceptors (Lipinski definition) is 5. The molecule has 0 unspecified atom stereocenters. The van der Waals surface area contributed by atoms with Crippen molar-refractivity contribution in [2.24, 2.45) is 5.73 Å². The molecule has 33 heavy (non-hydrogen) atoms. The van der Waals surface area contributed by atoms with Crippen molar-refractivity contribution in [2.45, 2.75) is 70.8 Å². The summed E-state index contributed by atoms with van der Waals surface area (Å²) in [5, 5.41) is 9.94. The number of urea groups is 1. The lowest BCUT2D eigenvalue weighted by Crippen LogP contribution is -2.62. The number of piperidine rings is 1. The van der Waals surface area contributed by atoms with Crippen LogP contribution in [-0.2, 0) is 9.59 Å². The summed E-state index contributed by atoms with van der Waals surface area (Å²) in [5.74, 6) is 0.145. The molecular weight excluding hydrogens is 420 g/mol. The smallest absolute Gasteiger partial charge is 0.317 e. The third kappa shape index (κ3) is 9.04. The SMILES string of the molecule is CCCCCCCCNC(=O)N1CCC(C(C)=O)(N(CCN)c2ccccc2)CC1.O=CO. The van der Waals surface area contributed by atoms with E-state index in [9.17, 15) is 9.59 Å². The number of nitrogens with two attached hydrogens (primary N) is 1. The lowest BCUT2D eigenvalue weighted by atomic mass is 9.81. The molecule has 0 spiro atoms. The molecular formula is C25H42N4O4. The van der Waals surface area contributed by atoms with Crippen LogP contribution in [0.25, 0.3) is 0 Å². The van der Waals surface area contributed by atoms with Gasteiger partial charge in [0.15, 0.2) is 5.78 Å². The second-order valence-corrected chi connectivity index (χ2v) is 8.46. The third-order valence-corrected chi connectivity index (χ3v) is 6.28. The van der Waals surface area contributed by atoms with Crippen LogP contribution in [0.1, 0.15) is 65.2 Å². The van der Waals surface area contributed by atoms with Crippen molar-refractivity contribution in [3.05, 3.63) is 30.3 Å². The Bertz CT molecular complexity index is 691. The highest BCUT2D eigenvalue weighted by Crippen LogP contribution is 2.34. The number of nitrogens with zero attached hydrogens (tertiary/aromatic N) is 2. The molecule has 1 saturated heterocycles. The fourth-order valence-corrected chi connectivity index (χ4v) is 4.43. The van der Waals surface area contributed by atoms with E-state index in [0.29, 0.717) is 39.0 Å². The maximum absolute atomic E-state index is 12.8. The Morgan fingerprint density at radius 1 is 1.12 bits per heavy atom. The normalized spacial score (nSPS) is 14.6. The first-order valence-corrected chi connectivity index (χ1v) is 12.1. The van der Waals surface area contributed by atoms with Gasteiger partial charge in [0.1, 0.15) is 5.54 Å². The zero-order valence-electron chi connectivity index (χ0n) is 20.3. The molecule has 186 valence electrons. The number of likely N-dealkylation sites (tertiary alicyclic amines) is 1. The number of unbranched alkanes of at least 4 members (excludes halogenated alkanes) is 5. The van der Waals surface area contributed by atoms with Gasteiger partial charge in [0, 0.05) is 38.4 Å². The van der Waals surface area contributed by atoms with Gasteiger partial charge in [-0.15, -0.1) is 0 Å². The largest absolute Gasteiger partial charge is 0.483 e. The molecule has 0 radical (unpaired) electrons. The summed E-state index contributed by atoms with van der Waals surface area (Å²) in [5.41, 5.74) is 6.30. The molecule has 8 heteroatoms. The predicted octanol–water partition coefficient (Wildman–Crippen LogP) is 3.65. The highest BCUT2D eigenvalue weighted by Gasteiger charge is 2.44. The molecule has 1 aromatic carbocycles. The topological polar surface area (TPSA) is 116 Å². The zero-order chi connectivity index (χ0) is 24.5. The van der Waals surface area contributed by atoms with Crippen molar-refractivity contribution in [1.29, 1.82) is 0 Å². The Hall–Kier alpha value is -2.61. The van der Waals surface area contributed by atoms with Gasteiger partial charge >= 0.3 is 6.03 Å². The molecule has 1 aliphatic rings. The molecule has 2 rings (SSSR count). The fraction of sp³-hybridized carbons (Fsp3) is 0.640. The van der Waals surface area contributed by atoms with Crippen LogP contribution in [0.5, 0.6) is 0 Å². The van der Waals surface area contributed by atoms with Crippen molar-refractivity contribution in [3.63, 3.8) is 0 Å². The molecule has 4 N–H and O–H groups in total. The number of ketones is 1. The standard InChI is InChI=1S/C24H40N4O2.CH2O2/c1-3-4-5-6-7-11-17-26-23(30)27-18-14-24(15-19-27,21(2)29)28(20-16-25)22-12-9-8-10-13-22;2-1-3/h8-10,12-13H,3-7,11,14-20,25H2,1-2H3,(H,26,30);1H,(H,2,3). The molecule has 0 aliphatic carbocycles. The van der Waals surface area contributed by atoms with Crippen LogP contribution in [-0.4, -0.2) is 66.6 Å². The molecule has 0 saturated carbocycles. The Kier molecular flexibility index (Phi) is 13.8. The van der Waals surface area contributed by atoms with Crippen LogP contribution in [0.15, 0.2) is 30.3 Å². The Morgan fingerprint density at radius 2 is 1.70 bits per heavy atom. The number of amides is 2. The maximum Gasteiger partial charge on any atom is 0.317 e.